The number of allylic oxidation sites excluding steroid dienone is 4. The summed E-state index contributed by atoms with van der Waals surface area (Å²) in [6.07, 6.45) is 4.58. The van der Waals surface area contributed by atoms with Crippen molar-refractivity contribution < 1.29 is 0 Å². The van der Waals surface area contributed by atoms with Crippen LogP contribution in [0, 0.1) is 0 Å². The highest BCUT2D eigenvalue weighted by Gasteiger charge is 2.38. The monoisotopic (exact) mass is 828 g/mol. The van der Waals surface area contributed by atoms with E-state index in [1.165, 1.54) is 132 Å². The molecule has 0 unspecified atom stereocenters. The van der Waals surface area contributed by atoms with E-state index in [1.807, 2.05) is 0 Å². The van der Waals surface area contributed by atoms with E-state index in [-0.39, 0.29) is 5.41 Å². The smallest absolute Gasteiger partial charge is 0.0541 e. The largest absolute Gasteiger partial charge is 0.309 e. The average Bonchev–Trinajstić information content (AvgIpc) is 3.96. The van der Waals surface area contributed by atoms with E-state index in [0.29, 0.717) is 0 Å². The highest BCUT2D eigenvalue weighted by Crippen LogP contribution is 2.54. The number of fused-ring (bicyclic) bond motifs is 11. The molecule has 0 atom stereocenters. The fourth-order valence-corrected chi connectivity index (χ4v) is 12.2. The molecule has 2 heteroatoms. The summed E-state index contributed by atoms with van der Waals surface area (Å²) in [7, 11) is 0. The zero-order valence-corrected chi connectivity index (χ0v) is 36.4. The third kappa shape index (κ3) is 5.11. The Hall–Kier alpha value is -7.94. The van der Waals surface area contributed by atoms with Gasteiger partial charge >= 0.3 is 0 Å². The van der Waals surface area contributed by atoms with Crippen molar-refractivity contribution in [3.8, 4) is 22.5 Å². The first-order valence-corrected chi connectivity index (χ1v) is 23.1. The number of aromatic nitrogens is 2. The second-order valence-corrected chi connectivity index (χ2v) is 18.7. The first-order chi connectivity index (χ1) is 32.0. The van der Waals surface area contributed by atoms with Crippen LogP contribution in [0.15, 0.2) is 212 Å². The molecule has 65 heavy (non-hydrogen) atoms. The maximum atomic E-state index is 2.60. The molecule has 0 fully saturated rings. The van der Waals surface area contributed by atoms with Gasteiger partial charge in [0, 0.05) is 38.3 Å². The van der Waals surface area contributed by atoms with Gasteiger partial charge in [0.05, 0.1) is 22.1 Å². The van der Waals surface area contributed by atoms with Crippen LogP contribution in [0.25, 0.3) is 110 Å². The molecule has 0 spiro atoms. The molecule has 2 aliphatic carbocycles. The molecule has 0 N–H and O–H groups in total. The van der Waals surface area contributed by atoms with Crippen LogP contribution >= 0.6 is 0 Å². The molecule has 0 amide bonds. The SMILES string of the molecule is CC1(C)C2=C(CCC(c3c4cc(-n5c6ccccc6c6ccccc65)ccc4c(-c4cccc5ccccc45)c4cc(-n5c6ccccc6c6ccccc65)ccc34)=C2)c2ccccc21. The first-order valence-electron chi connectivity index (χ1n) is 23.1. The molecule has 14 rings (SSSR count). The van der Waals surface area contributed by atoms with Gasteiger partial charge in [0.25, 0.3) is 0 Å². The van der Waals surface area contributed by atoms with Crippen LogP contribution in [0.2, 0.25) is 0 Å². The summed E-state index contributed by atoms with van der Waals surface area (Å²) in [6, 6.07) is 75.0. The zero-order chi connectivity index (χ0) is 43.0. The van der Waals surface area contributed by atoms with Crippen LogP contribution in [0.1, 0.15) is 43.4 Å². The molecule has 306 valence electrons. The number of benzene rings is 10. The van der Waals surface area contributed by atoms with E-state index in [4.69, 9.17) is 0 Å². The van der Waals surface area contributed by atoms with Gasteiger partial charge in [-0.15, -0.1) is 0 Å². The minimum absolute atomic E-state index is 0.0933. The second-order valence-electron chi connectivity index (χ2n) is 18.7. The quantitative estimate of drug-likeness (QED) is 0.156. The molecule has 2 heterocycles. The standard InChI is InChI=1S/C63H44N2/c1-63(2)55-25-10-5-19-44(55)45-33-30-40(36-56(45)63)61-51-34-31-42(65-59-28-13-8-22-48(59)49-23-9-14-29-60(49)65)38-54(51)62(50-24-15-17-39-16-3-4-18-43(39)50)52-35-32-41(37-53(52)61)64-57-26-11-6-20-46(57)47-21-7-12-27-58(47)64/h3-29,31-32,34-38H,30,33H2,1-2H3. The topological polar surface area (TPSA) is 9.86 Å². The Kier molecular flexibility index (Phi) is 7.61. The summed E-state index contributed by atoms with van der Waals surface area (Å²) in [4.78, 5) is 0. The Morgan fingerprint density at radius 3 is 1.43 bits per heavy atom. The van der Waals surface area contributed by atoms with Crippen LogP contribution in [0.5, 0.6) is 0 Å². The fourth-order valence-electron chi connectivity index (χ4n) is 12.2. The summed E-state index contributed by atoms with van der Waals surface area (Å²) in [5.74, 6) is 0. The van der Waals surface area contributed by atoms with Gasteiger partial charge in [-0.05, 0) is 138 Å². The van der Waals surface area contributed by atoms with Crippen molar-refractivity contribution in [3.63, 3.8) is 0 Å². The summed E-state index contributed by atoms with van der Waals surface area (Å²) in [6.45, 7) is 4.84. The van der Waals surface area contributed by atoms with E-state index in [9.17, 15) is 0 Å². The predicted molar refractivity (Wildman–Crippen MR) is 277 cm³/mol. The maximum Gasteiger partial charge on any atom is 0.0541 e. The number of hydrogen-bond donors (Lipinski definition) is 0. The van der Waals surface area contributed by atoms with Crippen LogP contribution in [-0.4, -0.2) is 9.13 Å². The number of rotatable bonds is 4. The Bertz CT molecular complexity index is 3980. The van der Waals surface area contributed by atoms with Gasteiger partial charge in [-0.3, -0.25) is 0 Å². The predicted octanol–water partition coefficient (Wildman–Crippen LogP) is 16.9. The molecular formula is C63H44N2. The lowest BCUT2D eigenvalue weighted by atomic mass is 9.76. The van der Waals surface area contributed by atoms with Crippen LogP contribution in [0.3, 0.4) is 0 Å². The average molecular weight is 829 g/mol. The summed E-state index contributed by atoms with van der Waals surface area (Å²) in [5, 5.41) is 12.7. The molecule has 0 bridgehead atoms. The van der Waals surface area contributed by atoms with E-state index in [1.54, 1.807) is 0 Å². The van der Waals surface area contributed by atoms with Crippen molar-refractivity contribution in [1.82, 2.24) is 9.13 Å². The third-order valence-electron chi connectivity index (χ3n) is 15.0. The van der Waals surface area contributed by atoms with Crippen molar-refractivity contribution >= 4 is 87.1 Å². The van der Waals surface area contributed by atoms with Crippen LogP contribution in [-0.2, 0) is 5.41 Å². The molecule has 12 aromatic rings. The summed E-state index contributed by atoms with van der Waals surface area (Å²) < 4.78 is 4.95. The van der Waals surface area contributed by atoms with Gasteiger partial charge in [-0.1, -0.05) is 172 Å². The molecule has 0 saturated carbocycles. The Balaban J connectivity index is 1.14. The van der Waals surface area contributed by atoms with Gasteiger partial charge in [0.2, 0.25) is 0 Å². The molecule has 0 aliphatic heterocycles. The van der Waals surface area contributed by atoms with Crippen molar-refractivity contribution in [2.45, 2.75) is 32.1 Å². The Morgan fingerprint density at radius 2 is 0.831 bits per heavy atom. The second kappa shape index (κ2) is 13.5. The van der Waals surface area contributed by atoms with Gasteiger partial charge in [0.15, 0.2) is 0 Å². The maximum absolute atomic E-state index is 2.60. The first kappa shape index (κ1) is 36.5. The van der Waals surface area contributed by atoms with E-state index >= 15 is 0 Å². The van der Waals surface area contributed by atoms with Crippen LogP contribution in [0.4, 0.5) is 0 Å². The molecule has 10 aromatic carbocycles. The number of para-hydroxylation sites is 4. The van der Waals surface area contributed by atoms with Gasteiger partial charge < -0.3 is 9.13 Å². The Labute approximate surface area is 377 Å². The van der Waals surface area contributed by atoms with Gasteiger partial charge in [0.1, 0.15) is 0 Å². The van der Waals surface area contributed by atoms with Gasteiger partial charge in [-0.25, -0.2) is 0 Å². The van der Waals surface area contributed by atoms with Crippen LogP contribution < -0.4 is 0 Å². The normalized spacial score (nSPS) is 14.6. The third-order valence-corrected chi connectivity index (χ3v) is 15.0. The van der Waals surface area contributed by atoms with E-state index in [2.05, 4.69) is 229 Å². The Morgan fingerprint density at radius 1 is 0.369 bits per heavy atom. The molecule has 0 radical (unpaired) electrons. The molecule has 0 saturated heterocycles. The van der Waals surface area contributed by atoms with E-state index in [0.717, 1.165) is 12.8 Å². The minimum atomic E-state index is -0.0933. The lowest BCUT2D eigenvalue weighted by Crippen LogP contribution is -2.17. The molecular weight excluding hydrogens is 785 g/mol. The lowest BCUT2D eigenvalue weighted by molar-refractivity contribution is 0.652. The number of hydrogen-bond acceptors (Lipinski definition) is 0. The molecule has 2 aliphatic rings. The molecule has 2 nitrogen and oxygen atoms in total. The van der Waals surface area contributed by atoms with Crippen molar-refractivity contribution in [2.24, 2.45) is 0 Å². The lowest BCUT2D eigenvalue weighted by Gasteiger charge is -2.27. The summed E-state index contributed by atoms with van der Waals surface area (Å²) in [5.41, 5.74) is 18.2. The van der Waals surface area contributed by atoms with Crippen molar-refractivity contribution in [3.05, 3.63) is 229 Å². The van der Waals surface area contributed by atoms with E-state index < -0.39 is 0 Å². The highest BCUT2D eigenvalue weighted by molar-refractivity contribution is 6.23. The fraction of sp³-hybridized carbons (Fsp3) is 0.0794. The zero-order valence-electron chi connectivity index (χ0n) is 36.4. The number of nitrogens with zero attached hydrogens (tertiary/aromatic N) is 2. The van der Waals surface area contributed by atoms with Crippen molar-refractivity contribution in [1.29, 1.82) is 0 Å². The summed E-state index contributed by atoms with van der Waals surface area (Å²) >= 11 is 0. The highest BCUT2D eigenvalue weighted by atomic mass is 15.0. The van der Waals surface area contributed by atoms with Crippen molar-refractivity contribution in [2.75, 3.05) is 0 Å². The van der Waals surface area contributed by atoms with Gasteiger partial charge in [-0.2, -0.15) is 0 Å². The molecule has 2 aromatic heterocycles. The minimum Gasteiger partial charge on any atom is -0.309 e.